The van der Waals surface area contributed by atoms with Gasteiger partial charge in [0.2, 0.25) is 0 Å². The number of aromatic nitrogens is 1. The number of hydrogen-bond acceptors (Lipinski definition) is 7. The molecule has 0 fully saturated rings. The zero-order chi connectivity index (χ0) is 27.7. The third kappa shape index (κ3) is 5.79. The Morgan fingerprint density at radius 2 is 1.92 bits per heavy atom. The molecule has 3 heterocycles. The minimum Gasteiger partial charge on any atom is -0.489 e. The molecule has 0 saturated carbocycles. The van der Waals surface area contributed by atoms with Gasteiger partial charge in [-0.2, -0.15) is 0 Å². The van der Waals surface area contributed by atoms with E-state index in [-0.39, 0.29) is 18.3 Å². The Kier molecular flexibility index (Phi) is 8.74. The molecule has 39 heavy (non-hydrogen) atoms. The molecule has 0 radical (unpaired) electrons. The Balaban J connectivity index is 1.81. The van der Waals surface area contributed by atoms with Gasteiger partial charge in [-0.15, -0.1) is 11.3 Å². The molecule has 0 saturated heterocycles. The molecule has 0 N–H and O–H groups in total. The third-order valence-electron chi connectivity index (χ3n) is 5.86. The normalized spacial score (nSPS) is 15.3. The van der Waals surface area contributed by atoms with Gasteiger partial charge in [-0.1, -0.05) is 47.7 Å². The summed E-state index contributed by atoms with van der Waals surface area (Å²) >= 11 is 7.34. The minimum absolute atomic E-state index is 0.0219. The molecular formula is C29H24I2N2O4S2. The van der Waals surface area contributed by atoms with E-state index in [9.17, 15) is 9.59 Å². The summed E-state index contributed by atoms with van der Waals surface area (Å²) in [7, 11) is 0. The first kappa shape index (κ1) is 28.2. The number of thiophene rings is 1. The van der Waals surface area contributed by atoms with Crippen LogP contribution in [0.25, 0.3) is 11.8 Å². The van der Waals surface area contributed by atoms with E-state index in [1.807, 2.05) is 79.9 Å². The number of benzene rings is 2. The average Bonchev–Trinajstić information content (AvgIpc) is 3.54. The van der Waals surface area contributed by atoms with Gasteiger partial charge in [0, 0.05) is 19.6 Å². The first-order valence-electron chi connectivity index (χ1n) is 12.3. The highest BCUT2D eigenvalue weighted by atomic mass is 127. The summed E-state index contributed by atoms with van der Waals surface area (Å²) in [6, 6.07) is 16.8. The van der Waals surface area contributed by atoms with Crippen molar-refractivity contribution in [2.75, 3.05) is 6.61 Å². The quantitative estimate of drug-likeness (QED) is 0.171. The summed E-state index contributed by atoms with van der Waals surface area (Å²) in [5.41, 5.74) is 2.28. The van der Waals surface area contributed by atoms with E-state index in [4.69, 9.17) is 14.5 Å². The molecule has 5 rings (SSSR count). The number of halogens is 2. The van der Waals surface area contributed by atoms with Crippen LogP contribution in [0.15, 0.2) is 75.3 Å². The Bertz CT molecular complexity index is 1740. The fourth-order valence-electron chi connectivity index (χ4n) is 4.35. The van der Waals surface area contributed by atoms with Crippen LogP contribution in [0.2, 0.25) is 0 Å². The molecule has 0 bridgehead atoms. The zero-order valence-electron chi connectivity index (χ0n) is 21.3. The second-order valence-corrected chi connectivity index (χ2v) is 13.3. The van der Waals surface area contributed by atoms with Crippen molar-refractivity contribution >= 4 is 85.6 Å². The van der Waals surface area contributed by atoms with Gasteiger partial charge in [-0.25, -0.2) is 9.79 Å². The van der Waals surface area contributed by atoms with Gasteiger partial charge < -0.3 is 9.47 Å². The lowest BCUT2D eigenvalue weighted by atomic mass is 9.97. The molecule has 6 nitrogen and oxygen atoms in total. The maximum atomic E-state index is 14.1. The molecule has 0 spiro atoms. The van der Waals surface area contributed by atoms with E-state index < -0.39 is 12.0 Å². The minimum atomic E-state index is -0.653. The van der Waals surface area contributed by atoms with E-state index in [1.54, 1.807) is 11.5 Å². The largest absolute Gasteiger partial charge is 0.489 e. The first-order valence-corrected chi connectivity index (χ1v) is 16.1. The summed E-state index contributed by atoms with van der Waals surface area (Å²) in [6.45, 7) is 5.95. The molecule has 1 aliphatic rings. The van der Waals surface area contributed by atoms with Crippen molar-refractivity contribution in [1.82, 2.24) is 4.57 Å². The predicted molar refractivity (Wildman–Crippen MR) is 173 cm³/mol. The van der Waals surface area contributed by atoms with Gasteiger partial charge in [-0.05, 0) is 95.6 Å². The highest BCUT2D eigenvalue weighted by Gasteiger charge is 2.35. The van der Waals surface area contributed by atoms with Crippen LogP contribution in [0.5, 0.6) is 5.75 Å². The number of ether oxygens (including phenoxy) is 2. The molecule has 0 aliphatic carbocycles. The Morgan fingerprint density at radius 1 is 1.15 bits per heavy atom. The molecule has 1 aliphatic heterocycles. The zero-order valence-corrected chi connectivity index (χ0v) is 27.3. The lowest BCUT2D eigenvalue weighted by Gasteiger charge is -2.24. The van der Waals surface area contributed by atoms with Gasteiger partial charge in [0.15, 0.2) is 4.80 Å². The summed E-state index contributed by atoms with van der Waals surface area (Å²) in [5, 5.41) is 1.94. The molecule has 2 aromatic carbocycles. The number of thiazole rings is 1. The first-order chi connectivity index (χ1) is 18.8. The highest BCUT2D eigenvalue weighted by Crippen LogP contribution is 2.37. The van der Waals surface area contributed by atoms with Crippen molar-refractivity contribution in [3.8, 4) is 5.75 Å². The number of esters is 1. The van der Waals surface area contributed by atoms with Gasteiger partial charge in [0.05, 0.1) is 32.1 Å². The van der Waals surface area contributed by atoms with Gasteiger partial charge >= 0.3 is 5.97 Å². The van der Waals surface area contributed by atoms with Crippen molar-refractivity contribution < 1.29 is 14.3 Å². The van der Waals surface area contributed by atoms with E-state index >= 15 is 0 Å². The monoisotopic (exact) mass is 782 g/mol. The average molecular weight is 782 g/mol. The van der Waals surface area contributed by atoms with Crippen LogP contribution in [-0.4, -0.2) is 23.2 Å². The number of hydrogen-bond donors (Lipinski definition) is 0. The lowest BCUT2D eigenvalue weighted by Crippen LogP contribution is -2.39. The third-order valence-corrected chi connectivity index (χ3v) is 9.20. The van der Waals surface area contributed by atoms with Crippen LogP contribution in [-0.2, 0) is 9.53 Å². The van der Waals surface area contributed by atoms with Gasteiger partial charge in [0.1, 0.15) is 11.8 Å². The molecule has 200 valence electrons. The SMILES string of the molecule is CCOC(=O)C1=C(c2ccccc2)N=c2s/c(=C\c3cc(I)cc(I)c3OC(C)C)c(=O)n2[C@@H]1c1cccs1. The van der Waals surface area contributed by atoms with E-state index in [1.165, 1.54) is 22.7 Å². The summed E-state index contributed by atoms with van der Waals surface area (Å²) in [6.07, 6.45) is 1.85. The van der Waals surface area contributed by atoms with Crippen molar-refractivity contribution in [3.05, 3.63) is 108 Å². The second-order valence-electron chi connectivity index (χ2n) is 8.92. The van der Waals surface area contributed by atoms with Crippen LogP contribution >= 0.6 is 67.9 Å². The van der Waals surface area contributed by atoms with Gasteiger partial charge in [-0.3, -0.25) is 9.36 Å². The van der Waals surface area contributed by atoms with Crippen molar-refractivity contribution in [3.63, 3.8) is 0 Å². The summed E-state index contributed by atoms with van der Waals surface area (Å²) in [4.78, 5) is 33.8. The number of fused-ring (bicyclic) bond motifs is 1. The number of nitrogens with zero attached hydrogens (tertiary/aromatic N) is 2. The van der Waals surface area contributed by atoms with E-state index in [2.05, 4.69) is 45.2 Å². The molecular weight excluding hydrogens is 758 g/mol. The maximum absolute atomic E-state index is 14.1. The van der Waals surface area contributed by atoms with Crippen LogP contribution in [0.4, 0.5) is 0 Å². The lowest BCUT2D eigenvalue weighted by molar-refractivity contribution is -0.138. The molecule has 10 heteroatoms. The number of carbonyl (C=O) groups is 1. The topological polar surface area (TPSA) is 69.9 Å². The summed E-state index contributed by atoms with van der Waals surface area (Å²) in [5.74, 6) is 0.261. The second kappa shape index (κ2) is 12.1. The number of carbonyl (C=O) groups excluding carboxylic acids is 1. The van der Waals surface area contributed by atoms with Gasteiger partial charge in [0.25, 0.3) is 5.56 Å². The molecule has 4 aromatic rings. The van der Waals surface area contributed by atoms with Crippen LogP contribution in [0.1, 0.15) is 42.8 Å². The molecule has 0 amide bonds. The predicted octanol–water partition coefficient (Wildman–Crippen LogP) is 5.99. The molecule has 2 aromatic heterocycles. The smallest absolute Gasteiger partial charge is 0.338 e. The Labute approximate surface area is 261 Å². The van der Waals surface area contributed by atoms with E-state index in [0.29, 0.717) is 20.6 Å². The Morgan fingerprint density at radius 3 is 2.59 bits per heavy atom. The standard InChI is InChI=1S/C29H24I2N2O4S2/c1-4-36-28(35)23-24(17-9-6-5-7-10-17)32-29-33(25(23)21-11-8-12-38-21)27(34)22(39-29)14-18-13-19(30)15-20(31)26(18)37-16(2)3/h5-16,25H,4H2,1-3H3/b22-14-/t25-/m1/s1. The Hall–Kier alpha value is -2.29. The molecule has 0 unspecified atom stereocenters. The maximum Gasteiger partial charge on any atom is 0.338 e. The van der Waals surface area contributed by atoms with Crippen molar-refractivity contribution in [2.45, 2.75) is 32.9 Å². The fraction of sp³-hybridized carbons (Fsp3) is 0.207. The van der Waals surface area contributed by atoms with Crippen LogP contribution in [0, 0.1) is 7.14 Å². The van der Waals surface area contributed by atoms with E-state index in [0.717, 1.165) is 28.9 Å². The molecule has 1 atom stereocenters. The van der Waals surface area contributed by atoms with Crippen LogP contribution in [0.3, 0.4) is 0 Å². The van der Waals surface area contributed by atoms with Crippen LogP contribution < -0.4 is 19.6 Å². The number of rotatable bonds is 7. The fourth-order valence-corrected chi connectivity index (χ4v) is 8.18. The van der Waals surface area contributed by atoms with Crippen molar-refractivity contribution in [2.24, 2.45) is 4.99 Å². The van der Waals surface area contributed by atoms with Crippen molar-refractivity contribution in [1.29, 1.82) is 0 Å². The highest BCUT2D eigenvalue weighted by molar-refractivity contribution is 14.1. The summed E-state index contributed by atoms with van der Waals surface area (Å²) < 4.78 is 15.8.